The second-order valence-electron chi connectivity index (χ2n) is 5.79. The number of hydrogen-bond acceptors (Lipinski definition) is 4. The molecule has 0 aliphatic rings. The Labute approximate surface area is 151 Å². The third-order valence-electron chi connectivity index (χ3n) is 3.66. The molecule has 2 aromatic rings. The van der Waals surface area contributed by atoms with Crippen molar-refractivity contribution >= 4 is 23.3 Å². The molecule has 0 spiro atoms. The van der Waals surface area contributed by atoms with E-state index in [0.717, 1.165) is 18.6 Å². The van der Waals surface area contributed by atoms with Crippen LogP contribution in [0.3, 0.4) is 0 Å². The highest BCUT2D eigenvalue weighted by molar-refractivity contribution is 6.02. The highest BCUT2D eigenvalue weighted by atomic mass is 19.1. The van der Waals surface area contributed by atoms with Gasteiger partial charge in [-0.3, -0.25) is 9.59 Å². The molecule has 0 bridgehead atoms. The first-order chi connectivity index (χ1) is 12.4. The molecule has 0 saturated heterocycles. The molecule has 0 radical (unpaired) electrons. The Morgan fingerprint density at radius 3 is 2.15 bits per heavy atom. The Hall–Kier alpha value is -3.02. The molecule has 2 aromatic carbocycles. The van der Waals surface area contributed by atoms with E-state index in [-0.39, 0.29) is 17.3 Å². The number of hydrogen-bond donors (Lipinski definition) is 1. The average Bonchev–Trinajstić information content (AvgIpc) is 2.62. The van der Waals surface area contributed by atoms with Crippen molar-refractivity contribution in [3.63, 3.8) is 0 Å². The van der Waals surface area contributed by atoms with E-state index in [9.17, 15) is 18.8 Å². The normalized spacial score (nSPS) is 11.5. The van der Waals surface area contributed by atoms with E-state index in [2.05, 4.69) is 5.32 Å². The maximum absolute atomic E-state index is 12.9. The van der Waals surface area contributed by atoms with E-state index in [1.807, 2.05) is 6.92 Å². The summed E-state index contributed by atoms with van der Waals surface area (Å²) in [6, 6.07) is 11.2. The van der Waals surface area contributed by atoms with Crippen LogP contribution in [-0.4, -0.2) is 23.8 Å². The van der Waals surface area contributed by atoms with Gasteiger partial charge in [0.15, 0.2) is 6.10 Å². The van der Waals surface area contributed by atoms with Crippen LogP contribution in [0.1, 0.15) is 47.4 Å². The Kier molecular flexibility index (Phi) is 6.60. The number of nitrogens with one attached hydrogen (secondary N) is 1. The van der Waals surface area contributed by atoms with Gasteiger partial charge in [-0.1, -0.05) is 6.92 Å². The first-order valence-electron chi connectivity index (χ1n) is 8.31. The minimum Gasteiger partial charge on any atom is -0.451 e. The zero-order chi connectivity index (χ0) is 19.1. The van der Waals surface area contributed by atoms with Gasteiger partial charge in [0, 0.05) is 17.7 Å². The highest BCUT2D eigenvalue weighted by Crippen LogP contribution is 2.14. The maximum atomic E-state index is 12.9. The number of esters is 1. The monoisotopic (exact) mass is 357 g/mol. The summed E-state index contributed by atoms with van der Waals surface area (Å²) in [6.07, 6.45) is 0.184. The highest BCUT2D eigenvalue weighted by Gasteiger charge is 2.20. The zero-order valence-corrected chi connectivity index (χ0v) is 14.6. The average molecular weight is 357 g/mol. The lowest BCUT2D eigenvalue weighted by Crippen LogP contribution is -2.24. The fourth-order valence-electron chi connectivity index (χ4n) is 2.27. The van der Waals surface area contributed by atoms with Crippen molar-refractivity contribution in [2.75, 3.05) is 5.32 Å². The topological polar surface area (TPSA) is 72.5 Å². The second-order valence-corrected chi connectivity index (χ2v) is 5.79. The predicted octanol–water partition coefficient (Wildman–Crippen LogP) is 3.99. The Balaban J connectivity index is 1.98. The fourth-order valence-corrected chi connectivity index (χ4v) is 2.27. The number of carbonyl (C=O) groups excluding carboxylic acids is 3. The van der Waals surface area contributed by atoms with Gasteiger partial charge in [0.2, 0.25) is 11.7 Å². The van der Waals surface area contributed by atoms with Gasteiger partial charge in [0.05, 0.1) is 5.56 Å². The summed E-state index contributed by atoms with van der Waals surface area (Å²) in [5.41, 5.74) is 1.12. The van der Waals surface area contributed by atoms with Crippen LogP contribution in [0, 0.1) is 5.82 Å². The molecule has 1 unspecified atom stereocenters. The largest absolute Gasteiger partial charge is 0.451 e. The van der Waals surface area contributed by atoms with Crippen LogP contribution in [0.15, 0.2) is 48.5 Å². The van der Waals surface area contributed by atoms with Crippen LogP contribution in [0.5, 0.6) is 0 Å². The number of halogens is 1. The molecule has 5 nitrogen and oxygen atoms in total. The lowest BCUT2D eigenvalue weighted by Gasteiger charge is -2.13. The molecule has 0 fully saturated rings. The van der Waals surface area contributed by atoms with Gasteiger partial charge in [-0.15, -0.1) is 0 Å². The molecular weight excluding hydrogens is 337 g/mol. The first-order valence-corrected chi connectivity index (χ1v) is 8.31. The van der Waals surface area contributed by atoms with E-state index < -0.39 is 17.9 Å². The van der Waals surface area contributed by atoms with Crippen molar-refractivity contribution in [3.8, 4) is 0 Å². The Bertz CT molecular complexity index is 784. The molecule has 136 valence electrons. The van der Waals surface area contributed by atoms with Gasteiger partial charge in [0.25, 0.3) is 0 Å². The summed E-state index contributed by atoms with van der Waals surface area (Å²) >= 11 is 0. The lowest BCUT2D eigenvalue weighted by atomic mass is 10.1. The minimum absolute atomic E-state index is 0.0897. The number of anilines is 1. The van der Waals surface area contributed by atoms with Gasteiger partial charge in [-0.05, 0) is 61.9 Å². The molecular formula is C20H20FNO4. The molecule has 2 rings (SSSR count). The maximum Gasteiger partial charge on any atom is 0.338 e. The minimum atomic E-state index is -0.993. The quantitative estimate of drug-likeness (QED) is 0.601. The number of ketones is 1. The van der Waals surface area contributed by atoms with Crippen molar-refractivity contribution in [2.45, 2.75) is 32.8 Å². The molecule has 1 atom stereocenters. The van der Waals surface area contributed by atoms with Crippen molar-refractivity contribution in [2.24, 2.45) is 0 Å². The van der Waals surface area contributed by atoms with Crippen LogP contribution < -0.4 is 5.32 Å². The summed E-state index contributed by atoms with van der Waals surface area (Å²) in [5.74, 6) is -1.62. The van der Waals surface area contributed by atoms with Crippen molar-refractivity contribution in [3.05, 3.63) is 65.5 Å². The van der Waals surface area contributed by atoms with Crippen LogP contribution >= 0.6 is 0 Å². The first kappa shape index (κ1) is 19.3. The summed E-state index contributed by atoms with van der Waals surface area (Å²) in [7, 11) is 0. The number of Topliss-reactive ketones (excluding diaryl/α,β-unsaturated/α-hetero) is 1. The zero-order valence-electron chi connectivity index (χ0n) is 14.6. The molecule has 0 aliphatic heterocycles. The van der Waals surface area contributed by atoms with E-state index in [4.69, 9.17) is 4.74 Å². The summed E-state index contributed by atoms with van der Waals surface area (Å²) in [6.45, 7) is 3.39. The van der Waals surface area contributed by atoms with Crippen molar-refractivity contribution in [1.29, 1.82) is 0 Å². The van der Waals surface area contributed by atoms with Gasteiger partial charge in [-0.25, -0.2) is 9.18 Å². The number of rotatable bonds is 7. The number of ether oxygens (including phenoxy) is 1. The van der Waals surface area contributed by atoms with Gasteiger partial charge in [-0.2, -0.15) is 0 Å². The SMILES string of the molecule is CCCC(=O)Nc1ccc(C(=O)C(C)OC(=O)c2ccc(F)cc2)cc1. The van der Waals surface area contributed by atoms with Crippen LogP contribution in [0.2, 0.25) is 0 Å². The van der Waals surface area contributed by atoms with Crippen molar-refractivity contribution < 1.29 is 23.5 Å². The van der Waals surface area contributed by atoms with Crippen LogP contribution in [-0.2, 0) is 9.53 Å². The third kappa shape index (κ3) is 5.24. The van der Waals surface area contributed by atoms with Crippen LogP contribution in [0.25, 0.3) is 0 Å². The molecule has 6 heteroatoms. The Morgan fingerprint density at radius 1 is 1.00 bits per heavy atom. The Morgan fingerprint density at radius 2 is 1.58 bits per heavy atom. The molecule has 1 N–H and O–H groups in total. The van der Waals surface area contributed by atoms with E-state index in [1.54, 1.807) is 24.3 Å². The van der Waals surface area contributed by atoms with E-state index in [1.165, 1.54) is 19.1 Å². The fraction of sp³-hybridized carbons (Fsp3) is 0.250. The summed E-state index contributed by atoms with van der Waals surface area (Å²) in [5, 5.41) is 2.73. The molecule has 0 aromatic heterocycles. The van der Waals surface area contributed by atoms with E-state index >= 15 is 0 Å². The summed E-state index contributed by atoms with van der Waals surface area (Å²) < 4.78 is 18.0. The van der Waals surface area contributed by atoms with Crippen molar-refractivity contribution in [1.82, 2.24) is 0 Å². The standard InChI is InChI=1S/C20H20FNO4/c1-3-4-18(23)22-17-11-7-14(8-12-17)19(24)13(2)26-20(25)15-5-9-16(21)10-6-15/h5-13H,3-4H2,1-2H3,(H,22,23). The number of amides is 1. The lowest BCUT2D eigenvalue weighted by molar-refractivity contribution is -0.116. The molecule has 0 saturated carbocycles. The van der Waals surface area contributed by atoms with Crippen LogP contribution in [0.4, 0.5) is 10.1 Å². The molecule has 1 amide bonds. The number of benzene rings is 2. The number of carbonyl (C=O) groups is 3. The smallest absolute Gasteiger partial charge is 0.338 e. The molecule has 26 heavy (non-hydrogen) atoms. The van der Waals surface area contributed by atoms with Gasteiger partial charge < -0.3 is 10.1 Å². The summed E-state index contributed by atoms with van der Waals surface area (Å²) in [4.78, 5) is 35.9. The predicted molar refractivity (Wildman–Crippen MR) is 95.6 cm³/mol. The van der Waals surface area contributed by atoms with Gasteiger partial charge in [0.1, 0.15) is 5.82 Å². The third-order valence-corrected chi connectivity index (χ3v) is 3.66. The molecule has 0 aliphatic carbocycles. The molecule has 0 heterocycles. The van der Waals surface area contributed by atoms with Gasteiger partial charge >= 0.3 is 5.97 Å². The second kappa shape index (κ2) is 8.89. The van der Waals surface area contributed by atoms with E-state index in [0.29, 0.717) is 17.7 Å².